The van der Waals surface area contributed by atoms with E-state index in [4.69, 9.17) is 35.8 Å². The van der Waals surface area contributed by atoms with Gasteiger partial charge in [0.2, 0.25) is 6.29 Å². The Balaban J connectivity index is 0.000000190. The predicted octanol–water partition coefficient (Wildman–Crippen LogP) is -4.21. The SMILES string of the molecule is NC1=NC2C(N=CN2[C@@H]2O[C@H](CO)C(=C(F)F)[C@H]2O)C(=O)N1.NC1=NC2C(N=CN2[C@@H]2O[C@H](OC(=O)P(O)O)C(=C(F)F)[C@H]2O)C(=O)N1. The van der Waals surface area contributed by atoms with Crippen LogP contribution in [0, 0.1) is 0 Å². The van der Waals surface area contributed by atoms with Crippen molar-refractivity contribution < 1.29 is 71.3 Å². The highest BCUT2D eigenvalue weighted by Gasteiger charge is 2.53. The van der Waals surface area contributed by atoms with Crippen LogP contribution in [0.1, 0.15) is 0 Å². The van der Waals surface area contributed by atoms with Crippen LogP contribution in [0.15, 0.2) is 43.3 Å². The molecule has 26 heteroatoms. The van der Waals surface area contributed by atoms with Gasteiger partial charge in [-0.25, -0.2) is 14.8 Å². The molecule has 2 fully saturated rings. The fourth-order valence-electron chi connectivity index (χ4n) is 5.28. The second kappa shape index (κ2) is 13.6. The molecule has 48 heavy (non-hydrogen) atoms. The highest BCUT2D eigenvalue weighted by atomic mass is 31.2. The van der Waals surface area contributed by atoms with E-state index < -0.39 is 117 Å². The van der Waals surface area contributed by atoms with Gasteiger partial charge in [0.05, 0.1) is 30.4 Å². The fourth-order valence-corrected chi connectivity index (χ4v) is 5.47. The molecule has 0 radical (unpaired) electrons. The molecule has 6 heterocycles. The number of aliphatic hydroxyl groups excluding tert-OH is 3. The Labute approximate surface area is 265 Å². The molecule has 2 saturated heterocycles. The maximum absolute atomic E-state index is 13.2. The third kappa shape index (κ3) is 6.40. The summed E-state index contributed by atoms with van der Waals surface area (Å²) >= 11 is 0. The summed E-state index contributed by atoms with van der Waals surface area (Å²) in [7, 11) is -3.20. The number of halogens is 4. The molecule has 21 nitrogen and oxygen atoms in total. The van der Waals surface area contributed by atoms with E-state index in [0.717, 1.165) is 11.2 Å². The van der Waals surface area contributed by atoms with Crippen LogP contribution in [0.25, 0.3) is 0 Å². The molecule has 6 aliphatic heterocycles. The van der Waals surface area contributed by atoms with Crippen molar-refractivity contribution in [3.63, 3.8) is 0 Å². The molecule has 0 spiro atoms. The van der Waals surface area contributed by atoms with Gasteiger partial charge in [0.25, 0.3) is 32.4 Å². The summed E-state index contributed by atoms with van der Waals surface area (Å²) in [5, 5.41) is 33.9. The lowest BCUT2D eigenvalue weighted by Crippen LogP contribution is -2.56. The second-order valence-corrected chi connectivity index (χ2v) is 11.1. The van der Waals surface area contributed by atoms with Crippen molar-refractivity contribution >= 4 is 50.5 Å². The van der Waals surface area contributed by atoms with Gasteiger partial charge < -0.3 is 60.6 Å². The molecule has 0 aromatic carbocycles. The topological polar surface area (TPSA) is 312 Å². The van der Waals surface area contributed by atoms with E-state index in [1.165, 1.54) is 11.2 Å². The fraction of sp³-hybridized carbons (Fsp3) is 0.500. The Hall–Kier alpha value is -4.36. The molecule has 0 aromatic rings. The van der Waals surface area contributed by atoms with E-state index in [1.807, 2.05) is 0 Å². The Morgan fingerprint density at radius 1 is 0.875 bits per heavy atom. The van der Waals surface area contributed by atoms with Gasteiger partial charge in [0.15, 0.2) is 48.8 Å². The molecule has 6 aliphatic rings. The van der Waals surface area contributed by atoms with Crippen LogP contribution < -0.4 is 22.1 Å². The van der Waals surface area contributed by atoms with Crippen molar-refractivity contribution in [1.82, 2.24) is 20.4 Å². The molecule has 2 amide bonds. The predicted molar refractivity (Wildman–Crippen MR) is 148 cm³/mol. The molecule has 0 saturated carbocycles. The van der Waals surface area contributed by atoms with Crippen molar-refractivity contribution in [2.75, 3.05) is 6.61 Å². The van der Waals surface area contributed by atoms with Crippen LogP contribution in [0.2, 0.25) is 0 Å². The van der Waals surface area contributed by atoms with E-state index >= 15 is 0 Å². The van der Waals surface area contributed by atoms with Crippen LogP contribution in [0.4, 0.5) is 22.4 Å². The summed E-state index contributed by atoms with van der Waals surface area (Å²) in [6.45, 7) is -0.717. The first kappa shape index (κ1) is 35.0. The summed E-state index contributed by atoms with van der Waals surface area (Å²) < 4.78 is 67.0. The van der Waals surface area contributed by atoms with Gasteiger partial charge in [-0.2, -0.15) is 17.6 Å². The first-order valence-corrected chi connectivity index (χ1v) is 14.6. The molecule has 4 unspecified atom stereocenters. The van der Waals surface area contributed by atoms with Crippen LogP contribution in [0.3, 0.4) is 0 Å². The quantitative estimate of drug-likeness (QED) is 0.0964. The number of nitrogens with two attached hydrogens (primary N) is 2. The molecule has 262 valence electrons. The summed E-state index contributed by atoms with van der Waals surface area (Å²) in [5.74, 6) is -1.45. The number of guanidine groups is 2. The van der Waals surface area contributed by atoms with Gasteiger partial charge in [-0.3, -0.25) is 30.2 Å². The van der Waals surface area contributed by atoms with Gasteiger partial charge in [0.1, 0.15) is 18.3 Å². The number of carbonyl (C=O) groups excluding carboxylic acids is 3. The maximum Gasteiger partial charge on any atom is 0.386 e. The molecule has 0 aromatic heterocycles. The highest BCUT2D eigenvalue weighted by Crippen LogP contribution is 2.38. The van der Waals surface area contributed by atoms with E-state index in [2.05, 4.69) is 35.3 Å². The van der Waals surface area contributed by atoms with Crippen molar-refractivity contribution in [3.05, 3.63) is 23.3 Å². The Kier molecular flexibility index (Phi) is 9.93. The normalized spacial score (nSPS) is 35.0. The third-order valence-corrected chi connectivity index (χ3v) is 7.82. The van der Waals surface area contributed by atoms with Crippen LogP contribution in [-0.2, 0) is 23.8 Å². The monoisotopic (exact) mass is 712 g/mol. The zero-order chi connectivity index (χ0) is 35.2. The number of nitrogens with one attached hydrogen (secondary N) is 2. The largest absolute Gasteiger partial charge is 0.425 e. The smallest absolute Gasteiger partial charge is 0.386 e. The number of ether oxygens (including phenoxy) is 3. The minimum atomic E-state index is -3.20. The van der Waals surface area contributed by atoms with E-state index in [1.54, 1.807) is 0 Å². The number of aliphatic imine (C=N–C) groups is 4. The number of aliphatic hydroxyl groups is 3. The van der Waals surface area contributed by atoms with Gasteiger partial charge in [-0.1, -0.05) is 0 Å². The summed E-state index contributed by atoms with van der Waals surface area (Å²) in [5.41, 5.74) is 7.57. The molecule has 11 N–H and O–H groups in total. The average Bonchev–Trinajstić information content (AvgIpc) is 3.76. The Morgan fingerprint density at radius 3 is 1.75 bits per heavy atom. The van der Waals surface area contributed by atoms with E-state index in [-0.39, 0.29) is 11.9 Å². The Morgan fingerprint density at radius 2 is 1.33 bits per heavy atom. The summed E-state index contributed by atoms with van der Waals surface area (Å²) in [6, 6.07) is -1.94. The lowest BCUT2D eigenvalue weighted by atomic mass is 10.1. The number of rotatable bonds is 5. The Bertz CT molecular complexity index is 1540. The zero-order valence-electron chi connectivity index (χ0n) is 23.6. The zero-order valence-corrected chi connectivity index (χ0v) is 24.5. The van der Waals surface area contributed by atoms with Crippen LogP contribution >= 0.6 is 8.38 Å². The van der Waals surface area contributed by atoms with Gasteiger partial charge in [-0.15, -0.1) is 0 Å². The number of hydrogen-bond acceptors (Lipinski definition) is 19. The molecular formula is C22H25F4N10O11P. The molecule has 6 rings (SSSR count). The minimum Gasteiger partial charge on any atom is -0.425 e. The minimum absolute atomic E-state index is 0.139. The van der Waals surface area contributed by atoms with Gasteiger partial charge in [0, 0.05) is 0 Å². The molecule has 0 aliphatic carbocycles. The molecular weight excluding hydrogens is 687 g/mol. The lowest BCUT2D eigenvalue weighted by Gasteiger charge is -2.32. The maximum atomic E-state index is 13.2. The standard InChI is InChI=1S/C11H12F2N5O7P.C11H13F2N5O4/c12-5(13)2-4(19)8(24-9(2)25-11(21)26(22)23)18-1-15-3-6(18)16-10(14)17-7(3)20;12-7(13)4-3(1-19)22-10(6(4)20)18-2-15-5-8(18)16-11(14)17-9(5)21/h1,3-4,6,8-9,19,22-23H,(H3,14,16,17,20);2-3,5-6,8,10,19-20H,1H2,(H3,14,16,17,21)/t3?,4-,6?,8-,9-;3-,5?,6-,8?,10-/m11/s1. The lowest BCUT2D eigenvalue weighted by molar-refractivity contribution is -0.135. The van der Waals surface area contributed by atoms with E-state index in [0.29, 0.717) is 0 Å². The molecule has 0 bridgehead atoms. The number of fused-ring (bicyclic) bond motifs is 2. The average molecular weight is 712 g/mol. The number of nitrogens with zero attached hydrogens (tertiary/aromatic N) is 6. The van der Waals surface area contributed by atoms with Crippen molar-refractivity contribution in [2.24, 2.45) is 31.4 Å². The second-order valence-electron chi connectivity index (χ2n) is 10.2. The number of amides is 2. The third-order valence-electron chi connectivity index (χ3n) is 7.39. The van der Waals surface area contributed by atoms with Crippen LogP contribution in [-0.4, -0.2) is 145 Å². The molecule has 10 atom stereocenters. The first-order valence-electron chi connectivity index (χ1n) is 13.3. The van der Waals surface area contributed by atoms with Gasteiger partial charge >= 0.3 is 5.71 Å². The van der Waals surface area contributed by atoms with E-state index in [9.17, 15) is 42.2 Å². The van der Waals surface area contributed by atoms with Crippen molar-refractivity contribution in [1.29, 1.82) is 0 Å². The first-order chi connectivity index (χ1) is 22.6. The summed E-state index contributed by atoms with van der Waals surface area (Å²) in [4.78, 5) is 70.4. The van der Waals surface area contributed by atoms with Gasteiger partial charge in [-0.05, 0) is 0 Å². The van der Waals surface area contributed by atoms with Crippen LogP contribution in [0.5, 0.6) is 0 Å². The number of hydrogen-bond donors (Lipinski definition) is 9. The summed E-state index contributed by atoms with van der Waals surface area (Å²) in [6.07, 6.45) is -14.1. The number of carbonyl (C=O) groups is 3. The van der Waals surface area contributed by atoms with Crippen molar-refractivity contribution in [2.45, 2.75) is 61.5 Å². The highest BCUT2D eigenvalue weighted by molar-refractivity contribution is 7.63. The van der Waals surface area contributed by atoms with Crippen molar-refractivity contribution in [3.8, 4) is 0 Å².